The smallest absolute Gasteiger partial charge is 0.364 e. The van der Waals surface area contributed by atoms with Crippen molar-refractivity contribution < 1.29 is 129 Å². The molecule has 4 aliphatic rings. The van der Waals surface area contributed by atoms with E-state index in [1.807, 2.05) is 6.08 Å². The number of amides is 3. The quantitative estimate of drug-likeness (QED) is 0.0300. The van der Waals surface area contributed by atoms with Crippen LogP contribution >= 0.6 is 0 Å². The highest BCUT2D eigenvalue weighted by atomic mass is 16.8. The topological polar surface area (TPSA) is 461 Å². The highest BCUT2D eigenvalue weighted by Crippen LogP contribution is 2.40. The molecule has 0 aliphatic carbocycles. The second-order valence-corrected chi connectivity index (χ2v) is 26.5. The number of allylic oxidation sites excluding steroid dienone is 1. The van der Waals surface area contributed by atoms with E-state index in [-0.39, 0.29) is 12.3 Å². The molecular formula is C67H121N3O26. The Hall–Kier alpha value is -3.22. The van der Waals surface area contributed by atoms with Crippen molar-refractivity contribution >= 4 is 23.7 Å². The Morgan fingerprint density at radius 3 is 1.51 bits per heavy atom. The summed E-state index contributed by atoms with van der Waals surface area (Å²) in [5.74, 6) is -7.36. The number of carboxylic acids is 1. The van der Waals surface area contributed by atoms with Crippen LogP contribution in [0.2, 0.25) is 0 Å². The van der Waals surface area contributed by atoms with Gasteiger partial charge in [0.15, 0.2) is 18.9 Å². The van der Waals surface area contributed by atoms with Crippen LogP contribution in [0.5, 0.6) is 0 Å². The highest BCUT2D eigenvalue weighted by molar-refractivity contribution is 5.77. The van der Waals surface area contributed by atoms with Crippen LogP contribution in [-0.4, -0.2) is 269 Å². The summed E-state index contributed by atoms with van der Waals surface area (Å²) in [7, 11) is 0. The lowest BCUT2D eigenvalue weighted by atomic mass is 9.88. The molecule has 4 saturated heterocycles. The lowest BCUT2D eigenvalue weighted by Gasteiger charge is -2.52. The van der Waals surface area contributed by atoms with Gasteiger partial charge >= 0.3 is 5.97 Å². The zero-order valence-corrected chi connectivity index (χ0v) is 57.1. The zero-order valence-electron chi connectivity index (χ0n) is 57.1. The highest BCUT2D eigenvalue weighted by Gasteiger charge is 2.61. The lowest BCUT2D eigenvalue weighted by Crippen LogP contribution is -2.72. The molecule has 23 atom stereocenters. The maximum absolute atomic E-state index is 13.6. The third-order valence-electron chi connectivity index (χ3n) is 18.5. The normalized spacial score (nSPS) is 32.3. The minimum atomic E-state index is -3.28. The van der Waals surface area contributed by atoms with Crippen molar-refractivity contribution in [3.05, 3.63) is 12.2 Å². The fraction of sp³-hybridized carbons (Fsp3) is 0.910. The van der Waals surface area contributed by atoms with Gasteiger partial charge in [0.25, 0.3) is 5.79 Å². The monoisotopic (exact) mass is 1380 g/mol. The number of aliphatic hydroxyl groups excluding tert-OH is 13. The molecule has 0 saturated carbocycles. The van der Waals surface area contributed by atoms with Gasteiger partial charge in [-0.05, 0) is 19.3 Å². The number of hydrogen-bond acceptors (Lipinski definition) is 25. The zero-order chi connectivity index (χ0) is 70.7. The standard InChI is InChI=1S/C67H121N3O26/c1-5-7-9-11-13-15-17-19-20-22-24-26-28-30-32-34-50(80)70-43(44(77)33-31-29-27-25-23-21-18-16-14-12-10-8-6-2)40-89-64-57(85)56(84)59(48(38-73)91-64)93-65-58(86)62(60(49(39-74)92-65)94-63-52(69-42(4)76)55(83)54(82)47(37-72)90-63)96-67(66(87)88)35-45(78)51(68-41(3)75)61(95-67)53(81)46(79)36-71/h31,33,43-49,51-65,71-74,77-79,81-86H,5-30,32,34-40H2,1-4H3,(H,68,75)(H,69,76)(H,70,80)(H,87,88)/b33-31+/t43-,44+,45-,46+,47+,48+,49+,51?,52+,53+,54-,55+,56+,57+,58+,59+,60-,61?,62+,63-,64+,65-,67-/m0/s1. The Balaban J connectivity index is 1.54. The molecule has 4 fully saturated rings. The van der Waals surface area contributed by atoms with E-state index in [1.165, 1.54) is 109 Å². The number of ether oxygens (including phenoxy) is 8. The molecule has 96 heavy (non-hydrogen) atoms. The average molecular weight is 1380 g/mol. The Bertz CT molecular complexity index is 2180. The third-order valence-corrected chi connectivity index (χ3v) is 18.5. The van der Waals surface area contributed by atoms with Crippen LogP contribution in [0.3, 0.4) is 0 Å². The summed E-state index contributed by atoms with van der Waals surface area (Å²) >= 11 is 0. The van der Waals surface area contributed by atoms with Crippen LogP contribution in [0.15, 0.2) is 12.2 Å². The Morgan fingerprint density at radius 1 is 0.542 bits per heavy atom. The molecule has 4 rings (SSSR count). The van der Waals surface area contributed by atoms with Crippen molar-refractivity contribution in [3.8, 4) is 0 Å². The fourth-order valence-electron chi connectivity index (χ4n) is 12.8. The number of hydrogen-bond donors (Lipinski definition) is 17. The van der Waals surface area contributed by atoms with Crippen molar-refractivity contribution in [3.63, 3.8) is 0 Å². The number of carbonyl (C=O) groups is 4. The first-order valence-electron chi connectivity index (χ1n) is 35.6. The van der Waals surface area contributed by atoms with Crippen LogP contribution in [0, 0.1) is 0 Å². The van der Waals surface area contributed by atoms with Crippen LogP contribution in [-0.2, 0) is 57.1 Å². The maximum Gasteiger partial charge on any atom is 0.364 e. The van der Waals surface area contributed by atoms with Crippen molar-refractivity contribution in [2.45, 2.75) is 354 Å². The first-order chi connectivity index (χ1) is 46.0. The van der Waals surface area contributed by atoms with E-state index in [9.17, 15) is 90.7 Å². The molecule has 0 radical (unpaired) electrons. The first kappa shape index (κ1) is 85.2. The first-order valence-corrected chi connectivity index (χ1v) is 35.6. The van der Waals surface area contributed by atoms with Crippen molar-refractivity contribution in [1.82, 2.24) is 16.0 Å². The number of unbranched alkanes of at least 4 members (excludes halogenated alkanes) is 25. The summed E-state index contributed by atoms with van der Waals surface area (Å²) in [5, 5.41) is 163. The molecule has 17 N–H and O–H groups in total. The number of carbonyl (C=O) groups excluding carboxylic acids is 3. The summed E-state index contributed by atoms with van der Waals surface area (Å²) in [5.41, 5.74) is 0. The summed E-state index contributed by atoms with van der Waals surface area (Å²) in [6.07, 6.45) is -4.64. The van der Waals surface area contributed by atoms with Gasteiger partial charge in [0.05, 0.1) is 57.3 Å². The molecule has 3 amide bonds. The van der Waals surface area contributed by atoms with Crippen molar-refractivity contribution in [2.24, 2.45) is 0 Å². The van der Waals surface area contributed by atoms with E-state index in [1.54, 1.807) is 6.08 Å². The van der Waals surface area contributed by atoms with Gasteiger partial charge in [-0.3, -0.25) is 14.4 Å². The van der Waals surface area contributed by atoms with Gasteiger partial charge in [0.2, 0.25) is 17.7 Å². The lowest BCUT2D eigenvalue weighted by molar-refractivity contribution is -0.401. The van der Waals surface area contributed by atoms with Crippen LogP contribution in [0.1, 0.15) is 214 Å². The Kier molecular flexibility index (Phi) is 41.1. The fourth-order valence-corrected chi connectivity index (χ4v) is 12.8. The molecule has 560 valence electrons. The van der Waals surface area contributed by atoms with Gasteiger partial charge in [-0.2, -0.15) is 0 Å². The molecule has 0 aromatic heterocycles. The predicted octanol–water partition coefficient (Wildman–Crippen LogP) is 1.13. The van der Waals surface area contributed by atoms with Gasteiger partial charge < -0.3 is 125 Å². The van der Waals surface area contributed by atoms with Gasteiger partial charge in [0.1, 0.15) is 91.5 Å². The number of aliphatic carboxylic acids is 1. The molecule has 0 spiro atoms. The summed E-state index contributed by atoms with van der Waals surface area (Å²) < 4.78 is 47.9. The van der Waals surface area contributed by atoms with E-state index >= 15 is 0 Å². The number of carboxylic acid groups (broad SMARTS) is 1. The van der Waals surface area contributed by atoms with E-state index in [0.717, 1.165) is 65.2 Å². The molecule has 0 aromatic carbocycles. The van der Waals surface area contributed by atoms with Crippen molar-refractivity contribution in [1.29, 1.82) is 0 Å². The van der Waals surface area contributed by atoms with E-state index < -0.39 is 198 Å². The van der Waals surface area contributed by atoms with Gasteiger partial charge in [0, 0.05) is 26.7 Å². The average Bonchev–Trinajstić information content (AvgIpc) is 0.761. The van der Waals surface area contributed by atoms with Gasteiger partial charge in [-0.15, -0.1) is 0 Å². The molecule has 0 aromatic rings. The van der Waals surface area contributed by atoms with E-state index in [0.29, 0.717) is 12.8 Å². The summed E-state index contributed by atoms with van der Waals surface area (Å²) in [4.78, 5) is 51.9. The molecule has 29 heteroatoms. The van der Waals surface area contributed by atoms with Crippen LogP contribution < -0.4 is 16.0 Å². The molecule has 29 nitrogen and oxygen atoms in total. The maximum atomic E-state index is 13.6. The second kappa shape index (κ2) is 46.3. The molecule has 0 bridgehead atoms. The van der Waals surface area contributed by atoms with Gasteiger partial charge in [-0.1, -0.05) is 180 Å². The Labute approximate surface area is 565 Å². The number of nitrogens with one attached hydrogen (secondary N) is 3. The minimum absolute atomic E-state index is 0.162. The third kappa shape index (κ3) is 27.6. The number of rotatable bonds is 49. The molecule has 4 aliphatic heterocycles. The Morgan fingerprint density at radius 2 is 1.01 bits per heavy atom. The largest absolute Gasteiger partial charge is 0.477 e. The minimum Gasteiger partial charge on any atom is -0.477 e. The summed E-state index contributed by atoms with van der Waals surface area (Å²) in [6, 6.07) is -4.52. The molecular weight excluding hydrogens is 1260 g/mol. The number of aliphatic hydroxyl groups is 13. The van der Waals surface area contributed by atoms with Crippen molar-refractivity contribution in [2.75, 3.05) is 33.0 Å². The van der Waals surface area contributed by atoms with Crippen LogP contribution in [0.4, 0.5) is 0 Å². The summed E-state index contributed by atoms with van der Waals surface area (Å²) in [6.45, 7) is 1.73. The van der Waals surface area contributed by atoms with E-state index in [4.69, 9.17) is 37.9 Å². The van der Waals surface area contributed by atoms with E-state index in [2.05, 4.69) is 29.8 Å². The van der Waals surface area contributed by atoms with Gasteiger partial charge in [-0.25, -0.2) is 4.79 Å². The molecule has 4 heterocycles. The molecule has 2 unspecified atom stereocenters. The predicted molar refractivity (Wildman–Crippen MR) is 346 cm³/mol. The SMILES string of the molecule is CCCCCCCCCCCCC/C=C/[C@@H](O)[C@H](CO[C@@H]1O[C@H](CO)[C@@H](O[C@@H]2O[C@H](CO)[C@H](O[C@@H]3O[C@H](CO)[C@H](O)[C@H](O)[C@H]3NC(C)=O)[C@H](O[C@]3(C(=O)O)C[C@H](O)C(NC(C)=O)C([C@H](O)[C@H](O)CO)O3)[C@H]2O)[C@H](O)[C@H]1O)NC(=O)CCCCCCCCCCCCCCCCC. The second-order valence-electron chi connectivity index (χ2n) is 26.5. The van der Waals surface area contributed by atoms with Crippen LogP contribution in [0.25, 0.3) is 0 Å².